The number of hydrogen-bond acceptors (Lipinski definition) is 6. The van der Waals surface area contributed by atoms with Crippen LogP contribution in [0, 0.1) is 11.8 Å². The maximum atomic E-state index is 14.8. The van der Waals surface area contributed by atoms with Gasteiger partial charge in [0.2, 0.25) is 0 Å². The lowest BCUT2D eigenvalue weighted by molar-refractivity contribution is -0.133. The summed E-state index contributed by atoms with van der Waals surface area (Å²) in [7, 11) is 2.91. The predicted octanol–water partition coefficient (Wildman–Crippen LogP) is 4.07. The number of phenols is 1. The number of carbonyl (C=O) groups is 2. The molecule has 1 saturated carbocycles. The molecule has 1 fully saturated rings. The molecule has 4 atom stereocenters. The number of allylic oxidation sites excluding steroid dienone is 5. The lowest BCUT2D eigenvalue weighted by Gasteiger charge is -2.53. The third-order valence-electron chi connectivity index (χ3n) is 9.58. The Kier molecular flexibility index (Phi) is 6.69. The number of aromatic nitrogens is 3. The lowest BCUT2D eigenvalue weighted by Crippen LogP contribution is -2.59. The number of methoxy groups -OCH3 is 1. The van der Waals surface area contributed by atoms with Crippen LogP contribution in [0.4, 0.5) is 0 Å². The van der Waals surface area contributed by atoms with Gasteiger partial charge >= 0.3 is 11.4 Å². The first kappa shape index (κ1) is 28.3. The first-order valence-corrected chi connectivity index (χ1v) is 14.8. The largest absolute Gasteiger partial charge is 0.504 e. The molecule has 3 aromatic carbocycles. The number of phenolic OH excluding ortho intramolecular Hbond substituents is 1. The van der Waals surface area contributed by atoms with Crippen molar-refractivity contribution in [3.63, 3.8) is 0 Å². The summed E-state index contributed by atoms with van der Waals surface area (Å²) in [6, 6.07) is 22.8. The molecule has 0 bridgehead atoms. The van der Waals surface area contributed by atoms with Gasteiger partial charge in [-0.1, -0.05) is 85.0 Å². The zero-order valence-corrected chi connectivity index (χ0v) is 24.8. The minimum Gasteiger partial charge on any atom is -0.504 e. The lowest BCUT2D eigenvalue weighted by atomic mass is 9.49. The summed E-state index contributed by atoms with van der Waals surface area (Å²) in [6.07, 6.45) is 7.34. The Morgan fingerprint density at radius 2 is 1.64 bits per heavy atom. The molecule has 1 aromatic heterocycles. The van der Waals surface area contributed by atoms with Gasteiger partial charge in [-0.25, -0.2) is 23.5 Å². The van der Waals surface area contributed by atoms with Crippen molar-refractivity contribution in [2.24, 2.45) is 18.9 Å². The van der Waals surface area contributed by atoms with Crippen LogP contribution >= 0.6 is 0 Å². The van der Waals surface area contributed by atoms with Crippen molar-refractivity contribution in [3.8, 4) is 11.5 Å². The van der Waals surface area contributed by atoms with E-state index >= 15 is 0 Å². The fourth-order valence-corrected chi connectivity index (χ4v) is 7.50. The highest BCUT2D eigenvalue weighted by atomic mass is 16.5. The van der Waals surface area contributed by atoms with Gasteiger partial charge in [-0.2, -0.15) is 0 Å². The van der Waals surface area contributed by atoms with Gasteiger partial charge in [-0.3, -0.25) is 9.59 Å². The standard InChI is InChI=1S/C36H31N3O6/c1-37-34(43)38-18-17-25-27(15-13-22-14-16-30(40)31(19-22)45-2)36(24-11-7-4-8-12-24)28(21-29(25)39(38)35(37)44)33(42)26(20-32(36)41)23-9-5-3-6-10-23/h3-17,19-20,27-29,40H,18,21H2,1-2H3/t27-,28-,29+,36-/m0/s1. The van der Waals surface area contributed by atoms with Crippen LogP contribution in [0.1, 0.15) is 29.2 Å². The van der Waals surface area contributed by atoms with E-state index in [1.54, 1.807) is 12.1 Å². The zero-order valence-electron chi connectivity index (χ0n) is 24.8. The number of carbonyl (C=O) groups excluding carboxylic acids is 2. The minimum atomic E-state index is -1.31. The molecular weight excluding hydrogens is 570 g/mol. The number of Topliss-reactive ketones (excluding diaryl/α,β-unsaturated/α-hetero) is 1. The van der Waals surface area contributed by atoms with E-state index in [1.165, 1.54) is 35.7 Å². The number of rotatable bonds is 5. The van der Waals surface area contributed by atoms with Crippen LogP contribution in [-0.2, 0) is 28.6 Å². The fourth-order valence-electron chi connectivity index (χ4n) is 7.50. The van der Waals surface area contributed by atoms with Crippen molar-refractivity contribution in [1.29, 1.82) is 0 Å². The summed E-state index contributed by atoms with van der Waals surface area (Å²) in [5.74, 6) is -1.58. The van der Waals surface area contributed by atoms with E-state index in [4.69, 9.17) is 4.74 Å². The Hall–Kier alpha value is -5.44. The Labute approximate surface area is 258 Å². The summed E-state index contributed by atoms with van der Waals surface area (Å²) in [5.41, 5.74) is 0.990. The number of aromatic hydroxyl groups is 1. The summed E-state index contributed by atoms with van der Waals surface area (Å²) in [6.45, 7) is 0.154. The van der Waals surface area contributed by atoms with Crippen LogP contribution in [0.25, 0.3) is 11.6 Å². The van der Waals surface area contributed by atoms with E-state index in [-0.39, 0.29) is 30.3 Å². The molecule has 45 heavy (non-hydrogen) atoms. The van der Waals surface area contributed by atoms with Gasteiger partial charge in [-0.05, 0) is 46.9 Å². The summed E-state index contributed by atoms with van der Waals surface area (Å²) < 4.78 is 9.25. The highest BCUT2D eigenvalue weighted by Gasteiger charge is 2.62. The van der Waals surface area contributed by atoms with Crippen LogP contribution in [0.5, 0.6) is 11.5 Å². The zero-order chi connectivity index (χ0) is 31.5. The van der Waals surface area contributed by atoms with Gasteiger partial charge in [-0.15, -0.1) is 0 Å². The summed E-state index contributed by atoms with van der Waals surface area (Å²) >= 11 is 0. The van der Waals surface area contributed by atoms with Gasteiger partial charge in [0.15, 0.2) is 23.1 Å². The topological polar surface area (TPSA) is 113 Å². The average Bonchev–Trinajstić information content (AvgIpc) is 3.29. The smallest absolute Gasteiger partial charge is 0.347 e. The molecule has 4 aromatic rings. The Morgan fingerprint density at radius 1 is 0.933 bits per heavy atom. The molecule has 2 aliphatic carbocycles. The molecule has 0 radical (unpaired) electrons. The first-order valence-electron chi connectivity index (χ1n) is 14.8. The third kappa shape index (κ3) is 4.14. The maximum absolute atomic E-state index is 14.8. The molecule has 0 amide bonds. The molecule has 1 N–H and O–H groups in total. The van der Waals surface area contributed by atoms with E-state index in [0.717, 1.165) is 10.1 Å². The summed E-state index contributed by atoms with van der Waals surface area (Å²) in [5, 5.41) is 10.2. The number of benzene rings is 3. The van der Waals surface area contributed by atoms with E-state index in [2.05, 4.69) is 0 Å². The van der Waals surface area contributed by atoms with Crippen molar-refractivity contribution < 1.29 is 19.4 Å². The molecular formula is C36H31N3O6. The highest BCUT2D eigenvalue weighted by molar-refractivity contribution is 6.31. The van der Waals surface area contributed by atoms with Crippen molar-refractivity contribution in [2.75, 3.05) is 7.11 Å². The van der Waals surface area contributed by atoms with E-state index in [9.17, 15) is 24.3 Å². The molecule has 0 unspecified atom stereocenters. The van der Waals surface area contributed by atoms with Crippen LogP contribution in [0.15, 0.2) is 112 Å². The third-order valence-corrected chi connectivity index (χ3v) is 9.58. The van der Waals surface area contributed by atoms with Crippen LogP contribution in [0.3, 0.4) is 0 Å². The maximum Gasteiger partial charge on any atom is 0.347 e. The molecule has 2 heterocycles. The predicted molar refractivity (Wildman–Crippen MR) is 169 cm³/mol. The molecule has 1 aliphatic heterocycles. The van der Waals surface area contributed by atoms with Crippen molar-refractivity contribution in [2.45, 2.75) is 24.4 Å². The second-order valence-electron chi connectivity index (χ2n) is 11.7. The Bertz CT molecular complexity index is 2060. The van der Waals surface area contributed by atoms with Crippen molar-refractivity contribution in [3.05, 3.63) is 140 Å². The molecule has 0 saturated heterocycles. The molecule has 9 nitrogen and oxygen atoms in total. The molecule has 9 heteroatoms. The fraction of sp³-hybridized carbons (Fsp3) is 0.222. The molecule has 0 spiro atoms. The van der Waals surface area contributed by atoms with Gasteiger partial charge in [0.25, 0.3) is 0 Å². The van der Waals surface area contributed by atoms with Crippen LogP contribution in [-0.4, -0.2) is 37.7 Å². The SMILES string of the molecule is COc1cc(C=C[C@H]2C3=CCn4c(=O)n(C)c(=O)n4[C@@H]3C[C@H]3C(=O)C(c4ccccc4)=CC(=O)[C@@]23c2ccccc2)ccc1O. The Balaban J connectivity index is 1.50. The number of nitrogens with zero attached hydrogens (tertiary/aromatic N) is 3. The van der Waals surface area contributed by atoms with Crippen LogP contribution < -0.4 is 16.1 Å². The van der Waals surface area contributed by atoms with E-state index in [0.29, 0.717) is 28.0 Å². The quantitative estimate of drug-likeness (QED) is 0.345. The molecule has 226 valence electrons. The van der Waals surface area contributed by atoms with Crippen LogP contribution in [0.2, 0.25) is 0 Å². The summed E-state index contributed by atoms with van der Waals surface area (Å²) in [4.78, 5) is 56.0. The number of hydrogen-bond donors (Lipinski definition) is 1. The average molecular weight is 602 g/mol. The second kappa shape index (κ2) is 10.6. The minimum absolute atomic E-state index is 0.00348. The monoisotopic (exact) mass is 601 g/mol. The van der Waals surface area contributed by atoms with E-state index < -0.39 is 34.7 Å². The molecule has 3 aliphatic rings. The van der Waals surface area contributed by atoms with Gasteiger partial charge in [0.1, 0.15) is 0 Å². The number of ketones is 2. The number of ether oxygens (including phenoxy) is 1. The van der Waals surface area contributed by atoms with Gasteiger partial charge < -0.3 is 9.84 Å². The Morgan fingerprint density at radius 3 is 2.36 bits per heavy atom. The van der Waals surface area contributed by atoms with Gasteiger partial charge in [0, 0.05) is 24.5 Å². The second-order valence-corrected chi connectivity index (χ2v) is 11.7. The molecule has 7 rings (SSSR count). The number of fused-ring (bicyclic) bond motifs is 4. The van der Waals surface area contributed by atoms with Crippen molar-refractivity contribution in [1.82, 2.24) is 13.9 Å². The van der Waals surface area contributed by atoms with Gasteiger partial charge in [0.05, 0.1) is 25.1 Å². The first-order chi connectivity index (χ1) is 21.8. The van der Waals surface area contributed by atoms with Crippen molar-refractivity contribution >= 4 is 23.2 Å². The highest BCUT2D eigenvalue weighted by Crippen LogP contribution is 2.58. The normalized spacial score (nSPS) is 24.0. The van der Waals surface area contributed by atoms with E-state index in [1.807, 2.05) is 78.9 Å².